The van der Waals surface area contributed by atoms with Gasteiger partial charge in [0.05, 0.1) is 19.3 Å². The van der Waals surface area contributed by atoms with Gasteiger partial charge in [0, 0.05) is 6.07 Å². The Balaban J connectivity index is 1.40. The van der Waals surface area contributed by atoms with Gasteiger partial charge in [0.2, 0.25) is 0 Å². The van der Waals surface area contributed by atoms with E-state index >= 15 is 0 Å². The molecule has 3 rings (SSSR count). The van der Waals surface area contributed by atoms with Crippen LogP contribution in [0.5, 0.6) is 10.9 Å². The predicted molar refractivity (Wildman–Crippen MR) is 102 cm³/mol. The Morgan fingerprint density at radius 2 is 2.21 bits per heavy atom. The lowest BCUT2D eigenvalue weighted by molar-refractivity contribution is -0.125. The molecule has 0 saturated carbocycles. The predicted octanol–water partition coefficient (Wildman–Crippen LogP) is 3.19. The van der Waals surface area contributed by atoms with Gasteiger partial charge in [-0.1, -0.05) is 29.4 Å². The zero-order chi connectivity index (χ0) is 19.9. The van der Waals surface area contributed by atoms with Crippen molar-refractivity contribution in [3.63, 3.8) is 0 Å². The van der Waals surface area contributed by atoms with Crippen molar-refractivity contribution in [2.75, 3.05) is 19.8 Å². The first-order valence-corrected chi connectivity index (χ1v) is 10.1. The third kappa shape index (κ3) is 5.62. The maximum atomic E-state index is 13.5. The summed E-state index contributed by atoms with van der Waals surface area (Å²) < 4.78 is 30.2. The number of benzene rings is 1. The second-order valence-electron chi connectivity index (χ2n) is 6.62. The summed E-state index contributed by atoms with van der Waals surface area (Å²) in [5, 5.41) is 12.4. The van der Waals surface area contributed by atoms with E-state index in [4.69, 9.17) is 14.2 Å². The molecule has 1 saturated heterocycles. The van der Waals surface area contributed by atoms with Crippen LogP contribution in [0.4, 0.5) is 4.39 Å². The zero-order valence-corrected chi connectivity index (χ0v) is 16.8. The lowest BCUT2D eigenvalue weighted by Gasteiger charge is -2.28. The van der Waals surface area contributed by atoms with E-state index in [0.717, 1.165) is 24.3 Å². The monoisotopic (exact) mass is 409 g/mol. The highest BCUT2D eigenvalue weighted by Crippen LogP contribution is 2.32. The molecule has 7 nitrogen and oxygen atoms in total. The Hall–Kier alpha value is -2.26. The van der Waals surface area contributed by atoms with Crippen LogP contribution in [0, 0.1) is 12.7 Å². The van der Waals surface area contributed by atoms with E-state index in [1.807, 2.05) is 6.92 Å². The van der Waals surface area contributed by atoms with E-state index in [9.17, 15) is 9.18 Å². The van der Waals surface area contributed by atoms with E-state index in [1.54, 1.807) is 19.1 Å². The Morgan fingerprint density at radius 1 is 1.36 bits per heavy atom. The Labute approximate surface area is 167 Å². The second kappa shape index (κ2) is 9.79. The van der Waals surface area contributed by atoms with Crippen LogP contribution in [0.2, 0.25) is 0 Å². The van der Waals surface area contributed by atoms with Gasteiger partial charge in [-0.05, 0) is 37.8 Å². The van der Waals surface area contributed by atoms with Crippen molar-refractivity contribution in [2.24, 2.45) is 0 Å². The minimum atomic E-state index is -0.357. The highest BCUT2D eigenvalue weighted by molar-refractivity contribution is 7.13. The third-order valence-electron chi connectivity index (χ3n) is 4.28. The molecule has 0 spiro atoms. The number of aryl methyl sites for hydroxylation is 1. The number of ether oxygens (including phenoxy) is 3. The quantitative estimate of drug-likeness (QED) is 0.721. The Kier molecular flexibility index (Phi) is 7.16. The number of nitrogens with one attached hydrogen (secondary N) is 1. The Bertz CT molecular complexity index is 793. The molecule has 2 heterocycles. The maximum Gasteiger partial charge on any atom is 0.294 e. The molecule has 0 unspecified atom stereocenters. The van der Waals surface area contributed by atoms with E-state index in [2.05, 4.69) is 15.5 Å². The number of rotatable bonds is 8. The molecule has 0 bridgehead atoms. The first kappa shape index (κ1) is 20.5. The molecule has 1 aromatic heterocycles. The van der Waals surface area contributed by atoms with Crippen LogP contribution in [0.15, 0.2) is 18.2 Å². The maximum absolute atomic E-state index is 13.5. The van der Waals surface area contributed by atoms with E-state index in [0.29, 0.717) is 29.7 Å². The van der Waals surface area contributed by atoms with Crippen molar-refractivity contribution in [1.29, 1.82) is 0 Å². The summed E-state index contributed by atoms with van der Waals surface area (Å²) in [5.74, 6) is -0.292. The van der Waals surface area contributed by atoms with Gasteiger partial charge < -0.3 is 19.5 Å². The van der Waals surface area contributed by atoms with E-state index in [1.165, 1.54) is 17.4 Å². The summed E-state index contributed by atoms with van der Waals surface area (Å²) in [4.78, 5) is 12.1. The highest BCUT2D eigenvalue weighted by atomic mass is 32.1. The zero-order valence-electron chi connectivity index (χ0n) is 15.9. The van der Waals surface area contributed by atoms with Crippen LogP contribution in [0.3, 0.4) is 0 Å². The van der Waals surface area contributed by atoms with Gasteiger partial charge in [-0.2, -0.15) is 0 Å². The van der Waals surface area contributed by atoms with Crippen LogP contribution in [0.25, 0.3) is 0 Å². The largest absolute Gasteiger partial charge is 0.484 e. The van der Waals surface area contributed by atoms with Crippen molar-refractivity contribution in [3.05, 3.63) is 34.6 Å². The summed E-state index contributed by atoms with van der Waals surface area (Å²) in [6, 6.07) is 4.44. The van der Waals surface area contributed by atoms with Crippen molar-refractivity contribution < 1.29 is 23.4 Å². The van der Waals surface area contributed by atoms with Crippen LogP contribution in [-0.2, 0) is 9.53 Å². The summed E-state index contributed by atoms with van der Waals surface area (Å²) in [6.07, 6.45) is 2.28. The minimum absolute atomic E-state index is 0.0918. The topological polar surface area (TPSA) is 82.6 Å². The van der Waals surface area contributed by atoms with Crippen LogP contribution in [-0.4, -0.2) is 42.0 Å². The molecular formula is C19H24FN3O4S. The lowest BCUT2D eigenvalue weighted by atomic mass is 10.1. The van der Waals surface area contributed by atoms with Crippen molar-refractivity contribution >= 4 is 17.2 Å². The summed E-state index contributed by atoms with van der Waals surface area (Å²) >= 11 is 1.39. The fourth-order valence-electron chi connectivity index (χ4n) is 2.74. The van der Waals surface area contributed by atoms with Crippen molar-refractivity contribution in [2.45, 2.75) is 45.3 Å². The van der Waals surface area contributed by atoms with Crippen molar-refractivity contribution in [3.8, 4) is 10.9 Å². The molecule has 0 aliphatic carbocycles. The normalized spacial score (nSPS) is 19.2. The van der Waals surface area contributed by atoms with Gasteiger partial charge in [0.15, 0.2) is 6.61 Å². The summed E-state index contributed by atoms with van der Waals surface area (Å²) in [6.45, 7) is 4.54. The smallest absolute Gasteiger partial charge is 0.294 e. The summed E-state index contributed by atoms with van der Waals surface area (Å²) in [7, 11) is 0. The van der Waals surface area contributed by atoms with Gasteiger partial charge in [0.1, 0.15) is 22.7 Å². The number of amides is 1. The molecule has 1 aliphatic rings. The first-order valence-electron chi connectivity index (χ1n) is 9.31. The lowest BCUT2D eigenvalue weighted by Crippen LogP contribution is -2.43. The fraction of sp³-hybridized carbons (Fsp3) is 0.526. The van der Waals surface area contributed by atoms with Crippen molar-refractivity contribution in [1.82, 2.24) is 15.5 Å². The molecule has 9 heteroatoms. The van der Waals surface area contributed by atoms with Gasteiger partial charge in [-0.25, -0.2) is 4.39 Å². The molecule has 152 valence electrons. The number of hydrogen-bond donors (Lipinski definition) is 1. The Morgan fingerprint density at radius 3 is 2.93 bits per heavy atom. The number of halogens is 1. The summed E-state index contributed by atoms with van der Waals surface area (Å²) in [5.41, 5.74) is 0.533. The second-order valence-corrected chi connectivity index (χ2v) is 7.59. The van der Waals surface area contributed by atoms with Crippen LogP contribution < -0.4 is 14.8 Å². The van der Waals surface area contributed by atoms with Crippen LogP contribution >= 0.6 is 11.3 Å². The van der Waals surface area contributed by atoms with Gasteiger partial charge in [-0.3, -0.25) is 4.79 Å². The van der Waals surface area contributed by atoms with Crippen LogP contribution in [0.1, 0.15) is 42.9 Å². The molecule has 28 heavy (non-hydrogen) atoms. The number of carbonyl (C=O) groups is 1. The van der Waals surface area contributed by atoms with Gasteiger partial charge >= 0.3 is 0 Å². The fourth-order valence-corrected chi connectivity index (χ4v) is 3.54. The SMILES string of the molecule is CCCOc1nnc([C@@H]2CC[C@@H](NC(=O)COc3ccc(C)c(F)c3)CO2)s1. The number of hydrogen-bond acceptors (Lipinski definition) is 7. The van der Waals surface area contributed by atoms with E-state index < -0.39 is 0 Å². The minimum Gasteiger partial charge on any atom is -0.484 e. The highest BCUT2D eigenvalue weighted by Gasteiger charge is 2.27. The first-order chi connectivity index (χ1) is 13.5. The number of aromatic nitrogens is 2. The third-order valence-corrected chi connectivity index (χ3v) is 5.21. The molecular weight excluding hydrogens is 385 g/mol. The molecule has 1 amide bonds. The van der Waals surface area contributed by atoms with Gasteiger partial charge in [0.25, 0.3) is 11.1 Å². The van der Waals surface area contributed by atoms with E-state index in [-0.39, 0.29) is 30.5 Å². The molecule has 2 atom stereocenters. The molecule has 2 aromatic rings. The molecule has 0 radical (unpaired) electrons. The molecule has 1 aliphatic heterocycles. The molecule has 1 fully saturated rings. The molecule has 1 N–H and O–H groups in total. The average Bonchev–Trinajstić information content (AvgIpc) is 3.17. The standard InChI is InChI=1S/C19H24FN3O4S/c1-3-8-25-19-23-22-18(28-19)16-7-5-13(10-27-16)21-17(24)11-26-14-6-4-12(2)15(20)9-14/h4,6,9,13,16H,3,5,7-8,10-11H2,1-2H3,(H,21,24)/t13-,16+/m1/s1. The number of nitrogens with zero attached hydrogens (tertiary/aromatic N) is 2. The van der Waals surface area contributed by atoms with Gasteiger partial charge in [-0.15, -0.1) is 5.10 Å². The molecule has 1 aromatic carbocycles. The average molecular weight is 409 g/mol. The number of carbonyl (C=O) groups excluding carboxylic acids is 1.